The van der Waals surface area contributed by atoms with E-state index in [1.165, 1.54) is 0 Å². The molecule has 1 aliphatic carbocycles. The van der Waals surface area contributed by atoms with Gasteiger partial charge in [0, 0.05) is 16.1 Å². The average Bonchev–Trinajstić information content (AvgIpc) is 2.65. The van der Waals surface area contributed by atoms with Crippen LogP contribution in [0, 0.1) is 10.8 Å². The van der Waals surface area contributed by atoms with Gasteiger partial charge >= 0.3 is 0 Å². The third-order valence-corrected chi connectivity index (χ3v) is 5.71. The fraction of sp³-hybridized carbons (Fsp3) is 0.500. The Morgan fingerprint density at radius 2 is 1.83 bits per heavy atom. The predicted molar refractivity (Wildman–Crippen MR) is 78.0 cm³/mol. The number of carbonyl (C=O) groups is 1. The van der Waals surface area contributed by atoms with Crippen molar-refractivity contribution in [1.82, 2.24) is 5.32 Å². The van der Waals surface area contributed by atoms with E-state index in [0.717, 1.165) is 4.47 Å². The Hall–Kier alpha value is -0.540. The molecule has 18 heavy (non-hydrogen) atoms. The fourth-order valence-electron chi connectivity index (χ4n) is 2.41. The quantitative estimate of drug-likeness (QED) is 0.862. The molecule has 1 aromatic carbocycles. The van der Waals surface area contributed by atoms with Crippen LogP contribution in [0.15, 0.2) is 22.7 Å². The third-order valence-electron chi connectivity index (χ3n) is 4.48. The Balaban J connectivity index is 2.12. The van der Waals surface area contributed by atoms with E-state index >= 15 is 0 Å². The molecule has 0 heterocycles. The highest BCUT2D eigenvalue weighted by atomic mass is 79.9. The van der Waals surface area contributed by atoms with Crippen molar-refractivity contribution in [3.63, 3.8) is 0 Å². The SMILES string of the molecule is CC1(C)C(NC(=O)c2ccc(Br)c(Cl)c2)C1(C)C. The molecular formula is C14H17BrClNO. The summed E-state index contributed by atoms with van der Waals surface area (Å²) >= 11 is 9.31. The number of amides is 1. The lowest BCUT2D eigenvalue weighted by molar-refractivity contribution is 0.0943. The monoisotopic (exact) mass is 329 g/mol. The van der Waals surface area contributed by atoms with Crippen LogP contribution in [-0.2, 0) is 0 Å². The van der Waals surface area contributed by atoms with Crippen LogP contribution >= 0.6 is 27.5 Å². The van der Waals surface area contributed by atoms with Gasteiger partial charge < -0.3 is 5.32 Å². The molecule has 1 amide bonds. The Bertz CT molecular complexity index is 497. The molecule has 0 aromatic heterocycles. The summed E-state index contributed by atoms with van der Waals surface area (Å²) in [5.74, 6) is -0.0620. The molecule has 0 spiro atoms. The zero-order chi connectivity index (χ0) is 13.7. The topological polar surface area (TPSA) is 29.1 Å². The maximum absolute atomic E-state index is 12.1. The maximum Gasteiger partial charge on any atom is 0.251 e. The van der Waals surface area contributed by atoms with Crippen molar-refractivity contribution >= 4 is 33.4 Å². The van der Waals surface area contributed by atoms with E-state index < -0.39 is 0 Å². The van der Waals surface area contributed by atoms with Gasteiger partial charge in [-0.1, -0.05) is 39.3 Å². The van der Waals surface area contributed by atoms with Crippen molar-refractivity contribution in [3.8, 4) is 0 Å². The summed E-state index contributed by atoms with van der Waals surface area (Å²) < 4.78 is 0.799. The number of hydrogen-bond acceptors (Lipinski definition) is 1. The number of hydrogen-bond donors (Lipinski definition) is 1. The molecule has 0 bridgehead atoms. The Morgan fingerprint density at radius 3 is 2.28 bits per heavy atom. The van der Waals surface area contributed by atoms with Crippen molar-refractivity contribution < 1.29 is 4.79 Å². The Kier molecular flexibility index (Phi) is 3.27. The zero-order valence-corrected chi connectivity index (χ0v) is 13.3. The van der Waals surface area contributed by atoms with Gasteiger partial charge in [0.25, 0.3) is 5.91 Å². The third kappa shape index (κ3) is 2.08. The molecule has 1 fully saturated rings. The van der Waals surface area contributed by atoms with E-state index in [1.807, 2.05) is 0 Å². The van der Waals surface area contributed by atoms with Crippen molar-refractivity contribution in [2.75, 3.05) is 0 Å². The van der Waals surface area contributed by atoms with Crippen molar-refractivity contribution in [2.45, 2.75) is 33.7 Å². The summed E-state index contributed by atoms with van der Waals surface area (Å²) in [6.45, 7) is 8.69. The molecular weight excluding hydrogens is 314 g/mol. The highest BCUT2D eigenvalue weighted by molar-refractivity contribution is 9.10. The van der Waals surface area contributed by atoms with Gasteiger partial charge in [-0.25, -0.2) is 0 Å². The first-order valence-corrected chi connectivity index (χ1v) is 7.11. The molecule has 0 atom stereocenters. The smallest absolute Gasteiger partial charge is 0.251 e. The number of rotatable bonds is 2. The van der Waals surface area contributed by atoms with Crippen molar-refractivity contribution in [2.24, 2.45) is 10.8 Å². The number of halogens is 2. The Labute approximate surface area is 121 Å². The first kappa shape index (κ1) is 13.9. The Morgan fingerprint density at radius 1 is 1.28 bits per heavy atom. The molecule has 1 saturated carbocycles. The fourth-order valence-corrected chi connectivity index (χ4v) is 2.84. The van der Waals surface area contributed by atoms with E-state index in [0.29, 0.717) is 10.6 Å². The van der Waals surface area contributed by atoms with E-state index in [4.69, 9.17) is 11.6 Å². The summed E-state index contributed by atoms with van der Waals surface area (Å²) in [4.78, 5) is 12.1. The van der Waals surface area contributed by atoms with Gasteiger partial charge in [0.1, 0.15) is 0 Å². The second-order valence-electron chi connectivity index (χ2n) is 5.98. The maximum atomic E-state index is 12.1. The molecule has 2 nitrogen and oxygen atoms in total. The van der Waals surface area contributed by atoms with Crippen LogP contribution < -0.4 is 5.32 Å². The summed E-state index contributed by atoms with van der Waals surface area (Å²) in [7, 11) is 0. The summed E-state index contributed by atoms with van der Waals surface area (Å²) in [5, 5.41) is 3.64. The zero-order valence-electron chi connectivity index (χ0n) is 11.0. The van der Waals surface area contributed by atoms with Gasteiger partial charge in [-0.05, 0) is 45.0 Å². The highest BCUT2D eigenvalue weighted by Crippen LogP contribution is 2.62. The molecule has 1 aliphatic rings. The molecule has 1 N–H and O–H groups in total. The van der Waals surface area contributed by atoms with Crippen LogP contribution in [0.1, 0.15) is 38.1 Å². The normalized spacial score (nSPS) is 20.6. The molecule has 98 valence electrons. The van der Waals surface area contributed by atoms with Crippen LogP contribution in [-0.4, -0.2) is 11.9 Å². The molecule has 2 rings (SSSR count). The van der Waals surface area contributed by atoms with Crippen molar-refractivity contribution in [3.05, 3.63) is 33.3 Å². The van der Waals surface area contributed by atoms with Gasteiger partial charge in [-0.15, -0.1) is 0 Å². The lowest BCUT2D eigenvalue weighted by Gasteiger charge is -2.07. The second-order valence-corrected chi connectivity index (χ2v) is 7.24. The number of carbonyl (C=O) groups excluding carboxylic acids is 1. The molecule has 0 unspecified atom stereocenters. The van der Waals surface area contributed by atoms with Crippen LogP contribution in [0.5, 0.6) is 0 Å². The van der Waals surface area contributed by atoms with E-state index in [2.05, 4.69) is 48.9 Å². The molecule has 0 radical (unpaired) electrons. The lowest BCUT2D eigenvalue weighted by atomic mass is 10.0. The second kappa shape index (κ2) is 4.24. The van der Waals surface area contributed by atoms with Crippen LogP contribution in [0.3, 0.4) is 0 Å². The minimum atomic E-state index is -0.0620. The molecule has 4 heteroatoms. The van der Waals surface area contributed by atoms with Gasteiger partial charge in [0.2, 0.25) is 0 Å². The summed E-state index contributed by atoms with van der Waals surface area (Å²) in [6.07, 6.45) is 0. The van der Waals surface area contributed by atoms with Crippen LogP contribution in [0.2, 0.25) is 5.02 Å². The standard InChI is InChI=1S/C14H17BrClNO/c1-13(2)12(14(13,3)4)17-11(18)8-5-6-9(15)10(16)7-8/h5-7,12H,1-4H3,(H,17,18). The molecule has 1 aromatic rings. The van der Waals surface area contributed by atoms with Crippen molar-refractivity contribution in [1.29, 1.82) is 0 Å². The van der Waals surface area contributed by atoms with Crippen LogP contribution in [0.25, 0.3) is 0 Å². The highest BCUT2D eigenvalue weighted by Gasteiger charge is 2.65. The van der Waals surface area contributed by atoms with Crippen LogP contribution in [0.4, 0.5) is 0 Å². The number of benzene rings is 1. The largest absolute Gasteiger partial charge is 0.348 e. The predicted octanol–water partition coefficient (Wildman–Crippen LogP) is 4.27. The molecule has 0 saturated heterocycles. The van der Waals surface area contributed by atoms with Gasteiger partial charge in [0.15, 0.2) is 0 Å². The van der Waals surface area contributed by atoms with Gasteiger partial charge in [-0.2, -0.15) is 0 Å². The molecule has 0 aliphatic heterocycles. The minimum Gasteiger partial charge on any atom is -0.348 e. The summed E-state index contributed by atoms with van der Waals surface area (Å²) in [5.41, 5.74) is 0.880. The van der Waals surface area contributed by atoms with Gasteiger partial charge in [-0.3, -0.25) is 4.79 Å². The number of nitrogens with one attached hydrogen (secondary N) is 1. The van der Waals surface area contributed by atoms with E-state index in [1.54, 1.807) is 18.2 Å². The minimum absolute atomic E-state index is 0.0620. The summed E-state index contributed by atoms with van der Waals surface area (Å²) in [6, 6.07) is 5.46. The van der Waals surface area contributed by atoms with Gasteiger partial charge in [0.05, 0.1) is 5.02 Å². The average molecular weight is 331 g/mol. The first-order chi connectivity index (χ1) is 8.18. The first-order valence-electron chi connectivity index (χ1n) is 5.94. The van der Waals surface area contributed by atoms with E-state index in [-0.39, 0.29) is 22.8 Å². The lowest BCUT2D eigenvalue weighted by Crippen LogP contribution is -2.29. The van der Waals surface area contributed by atoms with E-state index in [9.17, 15) is 4.79 Å².